The summed E-state index contributed by atoms with van der Waals surface area (Å²) in [5, 5.41) is 0.555. The topological polar surface area (TPSA) is 43.4 Å². The summed E-state index contributed by atoms with van der Waals surface area (Å²) in [6.45, 7) is -2.38. The van der Waals surface area contributed by atoms with Gasteiger partial charge < -0.3 is 4.74 Å². The molecule has 38 heavy (non-hydrogen) atoms. The van der Waals surface area contributed by atoms with Crippen LogP contribution in [-0.2, 0) is 9.53 Å². The number of Topliss-reactive ketones (excluding diaryl/α,β-unsaturated/α-hetero) is 1. The minimum atomic E-state index is -3.63. The standard InChI is InChI=1S/C29H20F5O3P/c1-2-37-29(36)28(27(35)21-22(30)24(32)26(34)25(33)23(21)31)38(18-12-6-3-7-13-18,19-14-8-4-9-15-19)20-16-10-5-11-17-20/h3-17H,2H2,1H3. The number of halogens is 5. The van der Waals surface area contributed by atoms with Crippen LogP contribution in [0, 0.1) is 29.1 Å². The molecular weight excluding hydrogens is 522 g/mol. The minimum absolute atomic E-state index is 0.217. The fourth-order valence-electron chi connectivity index (χ4n) is 4.29. The Balaban J connectivity index is 2.32. The first-order valence-corrected chi connectivity index (χ1v) is 13.2. The highest BCUT2D eigenvalue weighted by Gasteiger charge is 2.41. The molecule has 4 aromatic carbocycles. The van der Waals surface area contributed by atoms with Crippen LogP contribution in [0.3, 0.4) is 0 Å². The Kier molecular flexibility index (Phi) is 7.93. The largest absolute Gasteiger partial charge is 0.462 e. The van der Waals surface area contributed by atoms with Crippen molar-refractivity contribution in [3.8, 4) is 0 Å². The molecule has 0 spiro atoms. The van der Waals surface area contributed by atoms with E-state index in [-0.39, 0.29) is 6.61 Å². The van der Waals surface area contributed by atoms with Gasteiger partial charge in [-0.25, -0.2) is 26.7 Å². The Morgan fingerprint density at radius 3 is 1.29 bits per heavy atom. The molecule has 0 heterocycles. The summed E-state index contributed by atoms with van der Waals surface area (Å²) in [6, 6.07) is 24.8. The first kappa shape index (κ1) is 27.0. The lowest BCUT2D eigenvalue weighted by Crippen LogP contribution is -2.39. The van der Waals surface area contributed by atoms with E-state index in [0.717, 1.165) is 0 Å². The summed E-state index contributed by atoms with van der Waals surface area (Å²) in [5.41, 5.74) is -1.73. The summed E-state index contributed by atoms with van der Waals surface area (Å²) >= 11 is 0. The number of hydrogen-bond donors (Lipinski definition) is 0. The van der Waals surface area contributed by atoms with Gasteiger partial charge in [0.1, 0.15) is 10.9 Å². The first-order chi connectivity index (χ1) is 18.3. The molecule has 0 aromatic heterocycles. The van der Waals surface area contributed by atoms with Crippen molar-refractivity contribution in [1.82, 2.24) is 0 Å². The zero-order valence-corrected chi connectivity index (χ0v) is 20.8. The van der Waals surface area contributed by atoms with E-state index < -0.39 is 58.6 Å². The smallest absolute Gasteiger partial charge is 0.343 e. The predicted octanol–water partition coefficient (Wildman–Crippen LogP) is 5.29. The normalized spacial score (nSPS) is 11.2. The number of carbonyl (C=O) groups excluding carboxylic acids is 2. The van der Waals surface area contributed by atoms with Gasteiger partial charge in [0.25, 0.3) is 0 Å². The van der Waals surface area contributed by atoms with Gasteiger partial charge >= 0.3 is 5.97 Å². The highest BCUT2D eigenvalue weighted by molar-refractivity contribution is 7.97. The molecular formula is C29H20F5O3P. The van der Waals surface area contributed by atoms with E-state index in [9.17, 15) is 31.5 Å². The lowest BCUT2D eigenvalue weighted by Gasteiger charge is -2.31. The third-order valence-electron chi connectivity index (χ3n) is 5.89. The van der Waals surface area contributed by atoms with Crippen molar-refractivity contribution >= 4 is 39.8 Å². The Labute approximate surface area is 215 Å². The Morgan fingerprint density at radius 2 is 0.947 bits per heavy atom. The van der Waals surface area contributed by atoms with Gasteiger partial charge in [-0.15, -0.1) is 0 Å². The molecule has 3 nitrogen and oxygen atoms in total. The van der Waals surface area contributed by atoms with Crippen molar-refractivity contribution in [3.05, 3.63) is 126 Å². The van der Waals surface area contributed by atoms with E-state index in [2.05, 4.69) is 0 Å². The summed E-state index contributed by atoms with van der Waals surface area (Å²) in [7, 11) is 0. The van der Waals surface area contributed by atoms with Crippen LogP contribution in [0.1, 0.15) is 17.3 Å². The number of ketones is 1. The maximum Gasteiger partial charge on any atom is 0.343 e. The van der Waals surface area contributed by atoms with Crippen molar-refractivity contribution in [2.45, 2.75) is 6.92 Å². The van der Waals surface area contributed by atoms with Crippen molar-refractivity contribution in [3.63, 3.8) is 0 Å². The fourth-order valence-corrected chi connectivity index (χ4v) is 8.58. The zero-order valence-electron chi connectivity index (χ0n) is 19.9. The molecule has 0 bridgehead atoms. The van der Waals surface area contributed by atoms with Crippen LogP contribution in [-0.4, -0.2) is 23.7 Å². The molecule has 0 saturated carbocycles. The maximum absolute atomic E-state index is 15.0. The minimum Gasteiger partial charge on any atom is -0.462 e. The second-order valence-corrected chi connectivity index (χ2v) is 11.4. The first-order valence-electron chi connectivity index (χ1n) is 11.4. The summed E-state index contributed by atoms with van der Waals surface area (Å²) in [6.07, 6.45) is 0. The van der Waals surface area contributed by atoms with Gasteiger partial charge in [-0.3, -0.25) is 4.79 Å². The highest BCUT2D eigenvalue weighted by Crippen LogP contribution is 2.47. The summed E-state index contributed by atoms with van der Waals surface area (Å²) < 4.78 is 77.4. The van der Waals surface area contributed by atoms with E-state index in [1.807, 2.05) is 0 Å². The monoisotopic (exact) mass is 542 g/mol. The molecule has 0 atom stereocenters. The highest BCUT2D eigenvalue weighted by atomic mass is 31.2. The molecule has 9 heteroatoms. The lowest BCUT2D eigenvalue weighted by molar-refractivity contribution is -0.134. The molecule has 0 saturated heterocycles. The Bertz CT molecular complexity index is 1420. The van der Waals surface area contributed by atoms with E-state index in [1.54, 1.807) is 91.0 Å². The average molecular weight is 542 g/mol. The third-order valence-corrected chi connectivity index (χ3v) is 10.2. The van der Waals surface area contributed by atoms with E-state index in [4.69, 9.17) is 4.74 Å². The summed E-state index contributed by atoms with van der Waals surface area (Å²) in [4.78, 5) is 27.7. The van der Waals surface area contributed by atoms with Crippen LogP contribution in [0.5, 0.6) is 0 Å². The third kappa shape index (κ3) is 4.45. The molecule has 0 fully saturated rings. The number of esters is 1. The number of benzene rings is 4. The molecule has 0 N–H and O–H groups in total. The van der Waals surface area contributed by atoms with Gasteiger partial charge in [0.15, 0.2) is 23.3 Å². The molecule has 0 radical (unpaired) electrons. The Morgan fingerprint density at radius 1 is 0.605 bits per heavy atom. The van der Waals surface area contributed by atoms with Gasteiger partial charge in [-0.05, 0) is 29.7 Å². The molecule has 4 rings (SSSR count). The number of hydrogen-bond acceptors (Lipinski definition) is 3. The van der Waals surface area contributed by atoms with Crippen LogP contribution >= 0.6 is 6.89 Å². The van der Waals surface area contributed by atoms with Gasteiger partial charge in [0.2, 0.25) is 11.6 Å². The van der Waals surface area contributed by atoms with Gasteiger partial charge in [-0.1, -0.05) is 91.0 Å². The molecule has 194 valence electrons. The Hall–Kier alpha value is -4.03. The number of ether oxygens (including phenoxy) is 1. The maximum atomic E-state index is 15.0. The zero-order chi connectivity index (χ0) is 27.4. The van der Waals surface area contributed by atoms with E-state index >= 15 is 0 Å². The SMILES string of the molecule is CCOC(=O)C(C(=O)c1c(F)c(F)c(F)c(F)c1F)=P(c1ccccc1)(c1ccccc1)c1ccccc1. The average Bonchev–Trinajstić information content (AvgIpc) is 2.95. The van der Waals surface area contributed by atoms with Crippen molar-refractivity contribution in [2.75, 3.05) is 6.61 Å². The van der Waals surface area contributed by atoms with Gasteiger partial charge in [-0.2, -0.15) is 0 Å². The van der Waals surface area contributed by atoms with Gasteiger partial charge in [0, 0.05) is 0 Å². The second kappa shape index (κ2) is 11.2. The quantitative estimate of drug-likeness (QED) is 0.0606. The molecule has 0 aliphatic carbocycles. The molecule has 0 amide bonds. The lowest BCUT2D eigenvalue weighted by atomic mass is 10.1. The predicted molar refractivity (Wildman–Crippen MR) is 137 cm³/mol. The van der Waals surface area contributed by atoms with Crippen LogP contribution in [0.4, 0.5) is 22.0 Å². The van der Waals surface area contributed by atoms with Crippen molar-refractivity contribution in [2.24, 2.45) is 0 Å². The van der Waals surface area contributed by atoms with Crippen molar-refractivity contribution in [1.29, 1.82) is 0 Å². The molecule has 0 unspecified atom stereocenters. The van der Waals surface area contributed by atoms with Crippen LogP contribution < -0.4 is 15.9 Å². The van der Waals surface area contributed by atoms with Crippen LogP contribution in [0.2, 0.25) is 0 Å². The van der Waals surface area contributed by atoms with Crippen molar-refractivity contribution < 1.29 is 36.3 Å². The fraction of sp³-hybridized carbons (Fsp3) is 0.0690. The molecule has 0 aliphatic heterocycles. The van der Waals surface area contributed by atoms with E-state index in [1.165, 1.54) is 6.92 Å². The number of rotatable bonds is 7. The second-order valence-electron chi connectivity index (χ2n) is 8.02. The van der Waals surface area contributed by atoms with Gasteiger partial charge in [0.05, 0.1) is 6.61 Å². The molecule has 0 aliphatic rings. The van der Waals surface area contributed by atoms with E-state index in [0.29, 0.717) is 15.9 Å². The van der Waals surface area contributed by atoms with Crippen LogP contribution in [0.25, 0.3) is 0 Å². The molecule has 4 aromatic rings. The van der Waals surface area contributed by atoms with Crippen LogP contribution in [0.15, 0.2) is 91.0 Å². The number of carbonyl (C=O) groups is 2. The summed E-state index contributed by atoms with van der Waals surface area (Å²) in [5.74, 6) is -14.5.